The first-order valence-electron chi connectivity index (χ1n) is 7.03. The molecule has 0 bridgehead atoms. The maximum Gasteiger partial charge on any atom is 0.254 e. The van der Waals surface area contributed by atoms with Gasteiger partial charge in [-0.15, -0.1) is 0 Å². The van der Waals surface area contributed by atoms with E-state index >= 15 is 0 Å². The number of carbonyl (C=O) groups is 1. The number of nitrogens with one attached hydrogen (secondary N) is 1. The van der Waals surface area contributed by atoms with Crippen molar-refractivity contribution in [2.24, 2.45) is 0 Å². The van der Waals surface area contributed by atoms with Gasteiger partial charge in [-0.3, -0.25) is 9.48 Å². The molecule has 1 aliphatic carbocycles. The molecule has 1 aromatic heterocycles. The predicted octanol–water partition coefficient (Wildman–Crippen LogP) is 1.67. The van der Waals surface area contributed by atoms with Gasteiger partial charge in [0.15, 0.2) is 0 Å². The van der Waals surface area contributed by atoms with Gasteiger partial charge in [-0.2, -0.15) is 5.10 Å². The number of carbonyl (C=O) groups excluding carboxylic acids is 1. The fraction of sp³-hybridized carbons (Fsp3) is 0.714. The Balaban J connectivity index is 2.07. The van der Waals surface area contributed by atoms with Gasteiger partial charge in [-0.1, -0.05) is 13.8 Å². The van der Waals surface area contributed by atoms with E-state index in [0.29, 0.717) is 12.1 Å². The van der Waals surface area contributed by atoms with E-state index in [-0.39, 0.29) is 11.8 Å². The van der Waals surface area contributed by atoms with Gasteiger partial charge in [0.05, 0.1) is 16.9 Å². The van der Waals surface area contributed by atoms with Crippen LogP contribution in [0.25, 0.3) is 0 Å². The number of aryl methyl sites for hydroxylation is 1. The smallest absolute Gasteiger partial charge is 0.254 e. The molecule has 0 radical (unpaired) electrons. The topological polar surface area (TPSA) is 67.2 Å². The van der Waals surface area contributed by atoms with Crippen LogP contribution in [-0.4, -0.2) is 32.9 Å². The molecule has 5 nitrogen and oxygen atoms in total. The first-order valence-corrected chi connectivity index (χ1v) is 7.03. The van der Waals surface area contributed by atoms with Gasteiger partial charge >= 0.3 is 0 Å². The second kappa shape index (κ2) is 5.33. The van der Waals surface area contributed by atoms with Crippen LogP contribution in [0.4, 0.5) is 0 Å². The van der Waals surface area contributed by atoms with E-state index in [0.717, 1.165) is 31.5 Å². The van der Waals surface area contributed by atoms with Gasteiger partial charge < -0.3 is 10.4 Å². The van der Waals surface area contributed by atoms with Crippen molar-refractivity contribution in [3.8, 4) is 0 Å². The van der Waals surface area contributed by atoms with Crippen LogP contribution in [0.5, 0.6) is 0 Å². The Morgan fingerprint density at radius 1 is 1.58 bits per heavy atom. The first kappa shape index (κ1) is 14.1. The molecule has 0 saturated heterocycles. The minimum atomic E-state index is -0.686. The summed E-state index contributed by atoms with van der Waals surface area (Å²) in [5.74, 6) is 0.0732. The average Bonchev–Trinajstić information content (AvgIpc) is 2.78. The fourth-order valence-electron chi connectivity index (χ4n) is 2.30. The molecule has 2 rings (SSSR count). The summed E-state index contributed by atoms with van der Waals surface area (Å²) in [6, 6.07) is 0. The van der Waals surface area contributed by atoms with Crippen molar-refractivity contribution in [2.45, 2.75) is 58.1 Å². The van der Waals surface area contributed by atoms with E-state index in [1.54, 1.807) is 10.9 Å². The van der Waals surface area contributed by atoms with Crippen LogP contribution < -0.4 is 5.32 Å². The molecule has 1 saturated carbocycles. The molecule has 5 heteroatoms. The highest BCUT2D eigenvalue weighted by Crippen LogP contribution is 2.30. The van der Waals surface area contributed by atoms with Crippen molar-refractivity contribution in [1.29, 1.82) is 0 Å². The van der Waals surface area contributed by atoms with E-state index in [4.69, 9.17) is 0 Å². The summed E-state index contributed by atoms with van der Waals surface area (Å²) in [5, 5.41) is 17.3. The summed E-state index contributed by atoms with van der Waals surface area (Å²) in [7, 11) is 0. The number of amides is 1. The Bertz CT molecular complexity index is 461. The molecule has 1 amide bonds. The Hall–Kier alpha value is -1.36. The third kappa shape index (κ3) is 2.97. The lowest BCUT2D eigenvalue weighted by molar-refractivity contribution is -0.0300. The summed E-state index contributed by atoms with van der Waals surface area (Å²) in [4.78, 5) is 12.2. The lowest BCUT2D eigenvalue weighted by Gasteiger charge is -2.36. The predicted molar refractivity (Wildman–Crippen MR) is 73.1 cm³/mol. The first-order chi connectivity index (χ1) is 8.95. The molecular weight excluding hydrogens is 242 g/mol. The quantitative estimate of drug-likeness (QED) is 0.851. The standard InChI is InChI=1S/C14H23N3O2/c1-4-17-8-11(12(16-17)10(2)3)13(18)15-9-14(19)6-5-7-14/h8,10,19H,4-7,9H2,1-3H3,(H,15,18). The molecule has 0 atom stereocenters. The lowest BCUT2D eigenvalue weighted by atomic mass is 9.80. The summed E-state index contributed by atoms with van der Waals surface area (Å²) in [6.07, 6.45) is 4.38. The number of nitrogens with zero attached hydrogens (tertiary/aromatic N) is 2. The second-order valence-corrected chi connectivity index (χ2v) is 5.70. The highest BCUT2D eigenvalue weighted by Gasteiger charge is 2.34. The van der Waals surface area contributed by atoms with E-state index in [9.17, 15) is 9.90 Å². The van der Waals surface area contributed by atoms with Crippen molar-refractivity contribution < 1.29 is 9.90 Å². The Morgan fingerprint density at radius 2 is 2.26 bits per heavy atom. The maximum atomic E-state index is 12.2. The molecular formula is C14H23N3O2. The zero-order chi connectivity index (χ0) is 14.0. The maximum absolute atomic E-state index is 12.2. The molecule has 1 aliphatic rings. The largest absolute Gasteiger partial charge is 0.388 e. The van der Waals surface area contributed by atoms with Gasteiger partial charge in [0, 0.05) is 19.3 Å². The second-order valence-electron chi connectivity index (χ2n) is 5.70. The Morgan fingerprint density at radius 3 is 2.74 bits per heavy atom. The third-order valence-electron chi connectivity index (χ3n) is 3.77. The van der Waals surface area contributed by atoms with Crippen molar-refractivity contribution >= 4 is 5.91 Å². The number of rotatable bonds is 5. The molecule has 0 spiro atoms. The fourth-order valence-corrected chi connectivity index (χ4v) is 2.30. The molecule has 0 unspecified atom stereocenters. The zero-order valence-corrected chi connectivity index (χ0v) is 11.9. The summed E-state index contributed by atoms with van der Waals surface area (Å²) < 4.78 is 1.78. The van der Waals surface area contributed by atoms with Crippen LogP contribution in [0, 0.1) is 0 Å². The number of aromatic nitrogens is 2. The van der Waals surface area contributed by atoms with E-state index in [1.807, 2.05) is 20.8 Å². The van der Waals surface area contributed by atoms with Gasteiger partial charge in [0.2, 0.25) is 0 Å². The number of hydrogen-bond acceptors (Lipinski definition) is 3. The van der Waals surface area contributed by atoms with Crippen molar-refractivity contribution in [1.82, 2.24) is 15.1 Å². The number of hydrogen-bond donors (Lipinski definition) is 2. The third-order valence-corrected chi connectivity index (χ3v) is 3.77. The van der Waals surface area contributed by atoms with Crippen molar-refractivity contribution in [2.75, 3.05) is 6.54 Å². The van der Waals surface area contributed by atoms with E-state index in [1.165, 1.54) is 0 Å². The summed E-state index contributed by atoms with van der Waals surface area (Å²) in [5.41, 5.74) is 0.758. The minimum absolute atomic E-state index is 0.135. The molecule has 2 N–H and O–H groups in total. The molecule has 19 heavy (non-hydrogen) atoms. The van der Waals surface area contributed by atoms with Gasteiger partial charge in [0.1, 0.15) is 0 Å². The Kier molecular flexibility index (Phi) is 3.94. The van der Waals surface area contributed by atoms with Crippen LogP contribution in [-0.2, 0) is 6.54 Å². The van der Waals surface area contributed by atoms with Crippen molar-refractivity contribution in [3.63, 3.8) is 0 Å². The summed E-state index contributed by atoms with van der Waals surface area (Å²) in [6.45, 7) is 7.13. The van der Waals surface area contributed by atoms with Crippen LogP contribution in [0.3, 0.4) is 0 Å². The van der Waals surface area contributed by atoms with Gasteiger partial charge in [0.25, 0.3) is 5.91 Å². The molecule has 0 aliphatic heterocycles. The van der Waals surface area contributed by atoms with Crippen LogP contribution in [0.15, 0.2) is 6.20 Å². The highest BCUT2D eigenvalue weighted by atomic mass is 16.3. The lowest BCUT2D eigenvalue weighted by Crippen LogP contribution is -2.47. The molecule has 106 valence electrons. The molecule has 1 fully saturated rings. The van der Waals surface area contributed by atoms with Crippen LogP contribution >= 0.6 is 0 Å². The Labute approximate surface area is 114 Å². The molecule has 0 aromatic carbocycles. The SMILES string of the molecule is CCn1cc(C(=O)NCC2(O)CCC2)c(C(C)C)n1. The summed E-state index contributed by atoms with van der Waals surface area (Å²) >= 11 is 0. The minimum Gasteiger partial charge on any atom is -0.388 e. The van der Waals surface area contributed by atoms with E-state index in [2.05, 4.69) is 10.4 Å². The number of aliphatic hydroxyl groups is 1. The average molecular weight is 265 g/mol. The van der Waals surface area contributed by atoms with Gasteiger partial charge in [-0.05, 0) is 32.1 Å². The van der Waals surface area contributed by atoms with Crippen LogP contribution in [0.1, 0.15) is 62.0 Å². The van der Waals surface area contributed by atoms with Gasteiger partial charge in [-0.25, -0.2) is 0 Å². The van der Waals surface area contributed by atoms with E-state index < -0.39 is 5.60 Å². The normalized spacial score (nSPS) is 17.3. The van der Waals surface area contributed by atoms with Crippen LogP contribution in [0.2, 0.25) is 0 Å². The monoisotopic (exact) mass is 265 g/mol. The zero-order valence-electron chi connectivity index (χ0n) is 11.9. The highest BCUT2D eigenvalue weighted by molar-refractivity contribution is 5.95. The molecule has 1 aromatic rings. The van der Waals surface area contributed by atoms with Crippen molar-refractivity contribution in [3.05, 3.63) is 17.5 Å². The molecule has 1 heterocycles.